The van der Waals surface area contributed by atoms with Crippen molar-refractivity contribution in [1.29, 1.82) is 0 Å². The fraction of sp³-hybridized carbons (Fsp3) is 0. The van der Waals surface area contributed by atoms with Crippen LogP contribution < -0.4 is 5.32 Å². The van der Waals surface area contributed by atoms with Crippen LogP contribution in [-0.4, -0.2) is 26.5 Å². The molecule has 0 radical (unpaired) electrons. The first kappa shape index (κ1) is 14.7. The van der Waals surface area contributed by atoms with Crippen molar-refractivity contribution in [1.82, 2.24) is 20.6 Å². The molecule has 3 aromatic rings. The normalized spacial score (nSPS) is 10.5. The second kappa shape index (κ2) is 6.25. The first-order chi connectivity index (χ1) is 10.6. The molecule has 0 saturated heterocycles. The second-order valence-corrected chi connectivity index (χ2v) is 5.74. The average molecular weight is 379 g/mol. The van der Waals surface area contributed by atoms with Gasteiger partial charge in [0.25, 0.3) is 5.91 Å². The molecule has 0 saturated carbocycles. The molecule has 2 aromatic carbocycles. The molecule has 0 aliphatic carbocycles. The van der Waals surface area contributed by atoms with Gasteiger partial charge in [-0.25, -0.2) is 0 Å². The van der Waals surface area contributed by atoms with Gasteiger partial charge in [0.1, 0.15) is 0 Å². The monoisotopic (exact) mass is 377 g/mol. The third-order valence-electron chi connectivity index (χ3n) is 2.92. The molecule has 22 heavy (non-hydrogen) atoms. The Hall–Kier alpha value is -2.25. The molecular weight excluding hydrogens is 370 g/mol. The molecule has 0 aliphatic rings. The second-order valence-electron chi connectivity index (χ2n) is 4.39. The van der Waals surface area contributed by atoms with E-state index in [1.165, 1.54) is 0 Å². The van der Waals surface area contributed by atoms with Crippen LogP contribution in [0.25, 0.3) is 11.4 Å². The predicted molar refractivity (Wildman–Crippen MR) is 86.7 cm³/mol. The highest BCUT2D eigenvalue weighted by Gasteiger charge is 2.13. The smallest absolute Gasteiger partial charge is 0.255 e. The van der Waals surface area contributed by atoms with Crippen molar-refractivity contribution >= 4 is 39.1 Å². The summed E-state index contributed by atoms with van der Waals surface area (Å²) in [4.78, 5) is 12.3. The van der Waals surface area contributed by atoms with Gasteiger partial charge < -0.3 is 5.32 Å². The Balaban J connectivity index is 1.93. The number of amides is 1. The van der Waals surface area contributed by atoms with Gasteiger partial charge in [0.05, 0.1) is 5.69 Å². The van der Waals surface area contributed by atoms with Crippen molar-refractivity contribution in [3.05, 3.63) is 57.5 Å². The summed E-state index contributed by atoms with van der Waals surface area (Å²) in [6.45, 7) is 0. The number of tetrazole rings is 1. The van der Waals surface area contributed by atoms with E-state index < -0.39 is 0 Å². The molecule has 6 nitrogen and oxygen atoms in total. The van der Waals surface area contributed by atoms with Gasteiger partial charge in [-0.15, -0.1) is 10.2 Å². The Morgan fingerprint density at radius 1 is 1.18 bits per heavy atom. The van der Waals surface area contributed by atoms with Gasteiger partial charge in [0.15, 0.2) is 0 Å². The maximum atomic E-state index is 12.3. The van der Waals surface area contributed by atoms with Crippen LogP contribution in [0.2, 0.25) is 5.02 Å². The molecule has 0 aliphatic heterocycles. The Morgan fingerprint density at radius 2 is 1.95 bits per heavy atom. The fourth-order valence-corrected chi connectivity index (χ4v) is 2.37. The van der Waals surface area contributed by atoms with Crippen LogP contribution in [-0.2, 0) is 0 Å². The zero-order valence-electron chi connectivity index (χ0n) is 11.0. The lowest BCUT2D eigenvalue weighted by molar-refractivity contribution is 0.102. The highest BCUT2D eigenvalue weighted by molar-refractivity contribution is 9.10. The quantitative estimate of drug-likeness (QED) is 0.730. The standard InChI is InChI=1S/C14H9BrClN5O/c15-9-3-6-11(13-18-20-21-19-13)12(7-9)17-14(22)8-1-4-10(16)5-2-8/h1-7H,(H,17,22)(H,18,19,20,21). The van der Waals surface area contributed by atoms with Crippen LogP contribution in [0.1, 0.15) is 10.4 Å². The van der Waals surface area contributed by atoms with Crippen LogP contribution in [0.15, 0.2) is 46.9 Å². The molecule has 8 heteroatoms. The molecule has 2 N–H and O–H groups in total. The van der Waals surface area contributed by atoms with E-state index in [4.69, 9.17) is 11.6 Å². The fourth-order valence-electron chi connectivity index (χ4n) is 1.89. The summed E-state index contributed by atoms with van der Waals surface area (Å²) in [6.07, 6.45) is 0. The molecule has 0 unspecified atom stereocenters. The zero-order valence-corrected chi connectivity index (χ0v) is 13.4. The van der Waals surface area contributed by atoms with Gasteiger partial charge in [-0.05, 0) is 47.7 Å². The first-order valence-corrected chi connectivity index (χ1v) is 7.41. The summed E-state index contributed by atoms with van der Waals surface area (Å²) in [5.74, 6) is 0.151. The largest absolute Gasteiger partial charge is 0.321 e. The van der Waals surface area contributed by atoms with Crippen LogP contribution in [0.3, 0.4) is 0 Å². The Bertz CT molecular complexity index is 805. The van der Waals surface area contributed by atoms with Crippen LogP contribution >= 0.6 is 27.5 Å². The van der Waals surface area contributed by atoms with Crippen molar-refractivity contribution in [3.63, 3.8) is 0 Å². The van der Waals surface area contributed by atoms with E-state index in [-0.39, 0.29) is 5.91 Å². The molecule has 1 amide bonds. The predicted octanol–water partition coefficient (Wildman–Crippen LogP) is 3.53. The van der Waals surface area contributed by atoms with Crippen molar-refractivity contribution < 1.29 is 4.79 Å². The number of benzene rings is 2. The molecular formula is C14H9BrClN5O. The molecule has 0 fully saturated rings. The topological polar surface area (TPSA) is 83.6 Å². The number of carbonyl (C=O) groups excluding carboxylic acids is 1. The lowest BCUT2D eigenvalue weighted by Gasteiger charge is -2.09. The summed E-state index contributed by atoms with van der Waals surface area (Å²) < 4.78 is 0.825. The summed E-state index contributed by atoms with van der Waals surface area (Å²) >= 11 is 9.21. The maximum absolute atomic E-state index is 12.3. The van der Waals surface area contributed by atoms with Crippen molar-refractivity contribution in [2.24, 2.45) is 0 Å². The number of H-pyrrole nitrogens is 1. The van der Waals surface area contributed by atoms with Crippen molar-refractivity contribution in [2.45, 2.75) is 0 Å². The van der Waals surface area contributed by atoms with Crippen LogP contribution in [0.5, 0.6) is 0 Å². The van der Waals surface area contributed by atoms with Gasteiger partial charge in [-0.3, -0.25) is 4.79 Å². The number of halogens is 2. The number of hydrogen-bond donors (Lipinski definition) is 2. The number of nitrogens with zero attached hydrogens (tertiary/aromatic N) is 3. The van der Waals surface area contributed by atoms with Gasteiger partial charge in [-0.1, -0.05) is 27.5 Å². The third-order valence-corrected chi connectivity index (χ3v) is 3.67. The summed E-state index contributed by atoms with van der Waals surface area (Å²) in [5, 5.41) is 17.2. The van der Waals surface area contributed by atoms with E-state index in [1.807, 2.05) is 6.07 Å². The number of rotatable bonds is 3. The number of aromatic amines is 1. The lowest BCUT2D eigenvalue weighted by atomic mass is 10.1. The minimum Gasteiger partial charge on any atom is -0.321 e. The highest BCUT2D eigenvalue weighted by Crippen LogP contribution is 2.28. The lowest BCUT2D eigenvalue weighted by Crippen LogP contribution is -2.12. The van der Waals surface area contributed by atoms with Gasteiger partial charge in [-0.2, -0.15) is 5.21 Å². The molecule has 1 aromatic heterocycles. The number of nitrogens with one attached hydrogen (secondary N) is 2. The Morgan fingerprint density at radius 3 is 2.64 bits per heavy atom. The van der Waals surface area contributed by atoms with Gasteiger partial charge in [0, 0.05) is 20.6 Å². The van der Waals surface area contributed by atoms with E-state index in [1.54, 1.807) is 36.4 Å². The highest BCUT2D eigenvalue weighted by atomic mass is 79.9. The van der Waals surface area contributed by atoms with Gasteiger partial charge in [0.2, 0.25) is 5.82 Å². The number of hydrogen-bond acceptors (Lipinski definition) is 4. The van der Waals surface area contributed by atoms with E-state index in [9.17, 15) is 4.79 Å². The summed E-state index contributed by atoms with van der Waals surface area (Å²) in [6, 6.07) is 12.1. The van der Waals surface area contributed by atoms with Crippen molar-refractivity contribution in [3.8, 4) is 11.4 Å². The van der Waals surface area contributed by atoms with Crippen LogP contribution in [0.4, 0.5) is 5.69 Å². The van der Waals surface area contributed by atoms with Gasteiger partial charge >= 0.3 is 0 Å². The SMILES string of the molecule is O=C(Nc1cc(Br)ccc1-c1nn[nH]n1)c1ccc(Cl)cc1. The number of anilines is 1. The zero-order chi connectivity index (χ0) is 15.5. The Labute approximate surface area is 139 Å². The molecule has 3 rings (SSSR count). The first-order valence-electron chi connectivity index (χ1n) is 6.24. The molecule has 1 heterocycles. The minimum atomic E-state index is -0.250. The molecule has 0 bridgehead atoms. The average Bonchev–Trinajstić information content (AvgIpc) is 3.02. The maximum Gasteiger partial charge on any atom is 0.255 e. The molecule has 0 spiro atoms. The van der Waals surface area contributed by atoms with E-state index in [0.717, 1.165) is 4.47 Å². The third kappa shape index (κ3) is 3.15. The van der Waals surface area contributed by atoms with E-state index >= 15 is 0 Å². The summed E-state index contributed by atoms with van der Waals surface area (Å²) in [7, 11) is 0. The molecule has 0 atom stereocenters. The van der Waals surface area contributed by atoms with Crippen LogP contribution in [0, 0.1) is 0 Å². The Kier molecular flexibility index (Phi) is 4.17. The number of aromatic nitrogens is 4. The van der Waals surface area contributed by atoms with E-state index in [0.29, 0.717) is 27.7 Å². The number of carbonyl (C=O) groups is 1. The summed E-state index contributed by atoms with van der Waals surface area (Å²) in [5.41, 5.74) is 1.75. The van der Waals surface area contributed by atoms with Crippen molar-refractivity contribution in [2.75, 3.05) is 5.32 Å². The van der Waals surface area contributed by atoms with E-state index in [2.05, 4.69) is 41.9 Å². The molecule has 110 valence electrons. The minimum absolute atomic E-state index is 0.250.